The number of halogens is 1. The molecule has 0 saturated carbocycles. The Bertz CT molecular complexity index is 447. The monoisotopic (exact) mass is 278 g/mol. The quantitative estimate of drug-likeness (QED) is 0.911. The van der Waals surface area contributed by atoms with Crippen LogP contribution < -0.4 is 5.32 Å². The second kappa shape index (κ2) is 6.68. The summed E-state index contributed by atoms with van der Waals surface area (Å²) in [7, 11) is 2.06. The lowest BCUT2D eigenvalue weighted by molar-refractivity contribution is 0.0889. The van der Waals surface area contributed by atoms with Crippen LogP contribution in [-0.2, 0) is 6.42 Å². The molecule has 0 aliphatic carbocycles. The number of nitrogens with zero attached hydrogens (tertiary/aromatic N) is 1. The van der Waals surface area contributed by atoms with Crippen molar-refractivity contribution in [3.05, 3.63) is 35.1 Å². The summed E-state index contributed by atoms with van der Waals surface area (Å²) in [6.07, 6.45) is 2.22. The average molecular weight is 278 g/mol. The number of aryl methyl sites for hydroxylation is 1. The molecule has 1 aromatic carbocycles. The molecule has 2 nitrogen and oxygen atoms in total. The predicted molar refractivity (Wildman–Crippen MR) is 82.5 cm³/mol. The largest absolute Gasteiger partial charge is 0.317 e. The molecule has 0 aromatic heterocycles. The lowest BCUT2D eigenvalue weighted by Crippen LogP contribution is -2.53. The maximum atomic E-state index is 13.1. The Morgan fingerprint density at radius 1 is 1.35 bits per heavy atom. The molecule has 3 unspecified atom stereocenters. The van der Waals surface area contributed by atoms with Gasteiger partial charge in [0.1, 0.15) is 5.82 Å². The van der Waals surface area contributed by atoms with Crippen LogP contribution in [0.2, 0.25) is 0 Å². The Morgan fingerprint density at radius 2 is 2.10 bits per heavy atom. The minimum Gasteiger partial charge on any atom is -0.317 e. The van der Waals surface area contributed by atoms with Crippen LogP contribution in [0.3, 0.4) is 0 Å². The average Bonchev–Trinajstić information content (AvgIpc) is 2.42. The molecule has 3 heteroatoms. The molecule has 1 aromatic rings. The molecule has 1 aliphatic rings. The first-order valence-corrected chi connectivity index (χ1v) is 7.69. The minimum absolute atomic E-state index is 0.136. The topological polar surface area (TPSA) is 15.3 Å². The van der Waals surface area contributed by atoms with Gasteiger partial charge in [0.2, 0.25) is 0 Å². The van der Waals surface area contributed by atoms with E-state index in [-0.39, 0.29) is 5.82 Å². The van der Waals surface area contributed by atoms with Gasteiger partial charge in [0.15, 0.2) is 0 Å². The highest BCUT2D eigenvalue weighted by atomic mass is 19.1. The van der Waals surface area contributed by atoms with Crippen LogP contribution in [0.15, 0.2) is 18.2 Å². The van der Waals surface area contributed by atoms with Crippen LogP contribution in [0.1, 0.15) is 31.4 Å². The second-order valence-electron chi connectivity index (χ2n) is 6.14. The molecule has 1 heterocycles. The summed E-state index contributed by atoms with van der Waals surface area (Å²) < 4.78 is 13.1. The standard InChI is InChI=1S/C17H27FN2/c1-12-11-16(18)6-5-15(12)7-9-20-10-8-17(19-4)13(2)14(20)3/h5-6,11,13-14,17,19H,7-10H2,1-4H3. The third-order valence-electron chi connectivity index (χ3n) is 5.04. The summed E-state index contributed by atoms with van der Waals surface area (Å²) in [6.45, 7) is 8.87. The normalized spacial score (nSPS) is 27.8. The highest BCUT2D eigenvalue weighted by molar-refractivity contribution is 5.26. The fourth-order valence-corrected chi connectivity index (χ4v) is 3.37. The molecular weight excluding hydrogens is 251 g/mol. The van der Waals surface area contributed by atoms with Crippen LogP contribution in [0.25, 0.3) is 0 Å². The van der Waals surface area contributed by atoms with E-state index in [1.54, 1.807) is 12.1 Å². The van der Waals surface area contributed by atoms with E-state index in [0.717, 1.165) is 25.1 Å². The molecular formula is C17H27FN2. The van der Waals surface area contributed by atoms with E-state index in [1.165, 1.54) is 12.0 Å². The van der Waals surface area contributed by atoms with Gasteiger partial charge in [-0.25, -0.2) is 4.39 Å². The summed E-state index contributed by atoms with van der Waals surface area (Å²) in [5.74, 6) is 0.533. The number of benzene rings is 1. The Balaban J connectivity index is 1.94. The van der Waals surface area contributed by atoms with Gasteiger partial charge in [-0.1, -0.05) is 13.0 Å². The summed E-state index contributed by atoms with van der Waals surface area (Å²) >= 11 is 0. The molecule has 0 bridgehead atoms. The van der Waals surface area contributed by atoms with E-state index in [2.05, 4.69) is 31.1 Å². The van der Waals surface area contributed by atoms with E-state index >= 15 is 0 Å². The van der Waals surface area contributed by atoms with Crippen LogP contribution >= 0.6 is 0 Å². The minimum atomic E-state index is -0.136. The van der Waals surface area contributed by atoms with E-state index < -0.39 is 0 Å². The molecule has 1 saturated heterocycles. The van der Waals surface area contributed by atoms with Crippen molar-refractivity contribution in [2.45, 2.75) is 45.7 Å². The van der Waals surface area contributed by atoms with Crippen molar-refractivity contribution in [3.63, 3.8) is 0 Å². The van der Waals surface area contributed by atoms with Gasteiger partial charge < -0.3 is 5.32 Å². The summed E-state index contributed by atoms with van der Waals surface area (Å²) in [6, 6.07) is 6.37. The summed E-state index contributed by atoms with van der Waals surface area (Å²) in [5, 5.41) is 3.43. The number of hydrogen-bond acceptors (Lipinski definition) is 2. The van der Waals surface area contributed by atoms with Crippen LogP contribution in [0, 0.1) is 18.7 Å². The first-order chi connectivity index (χ1) is 9.52. The zero-order valence-corrected chi connectivity index (χ0v) is 13.1. The molecule has 0 amide bonds. The third kappa shape index (κ3) is 3.39. The molecule has 1 fully saturated rings. The number of nitrogens with one attached hydrogen (secondary N) is 1. The zero-order valence-electron chi connectivity index (χ0n) is 13.1. The van der Waals surface area contributed by atoms with E-state index in [9.17, 15) is 4.39 Å². The van der Waals surface area contributed by atoms with Crippen LogP contribution in [-0.4, -0.2) is 37.1 Å². The smallest absolute Gasteiger partial charge is 0.123 e. The van der Waals surface area contributed by atoms with Crippen LogP contribution in [0.5, 0.6) is 0 Å². The van der Waals surface area contributed by atoms with E-state index in [1.807, 2.05) is 13.0 Å². The van der Waals surface area contributed by atoms with Crippen molar-refractivity contribution in [1.82, 2.24) is 10.2 Å². The van der Waals surface area contributed by atoms with Gasteiger partial charge >= 0.3 is 0 Å². The maximum Gasteiger partial charge on any atom is 0.123 e. The number of hydrogen-bond donors (Lipinski definition) is 1. The second-order valence-corrected chi connectivity index (χ2v) is 6.14. The highest BCUT2D eigenvalue weighted by Gasteiger charge is 2.30. The van der Waals surface area contributed by atoms with Crippen molar-refractivity contribution in [3.8, 4) is 0 Å². The highest BCUT2D eigenvalue weighted by Crippen LogP contribution is 2.24. The molecule has 112 valence electrons. The summed E-state index contributed by atoms with van der Waals surface area (Å²) in [4.78, 5) is 2.57. The Morgan fingerprint density at radius 3 is 2.75 bits per heavy atom. The van der Waals surface area contributed by atoms with Gasteiger partial charge in [-0.2, -0.15) is 0 Å². The first-order valence-electron chi connectivity index (χ1n) is 7.69. The zero-order chi connectivity index (χ0) is 14.7. The molecule has 2 rings (SSSR count). The predicted octanol–water partition coefficient (Wildman–Crippen LogP) is 2.99. The molecule has 1 N–H and O–H groups in total. The van der Waals surface area contributed by atoms with Gasteiger partial charge in [0.05, 0.1) is 0 Å². The fourth-order valence-electron chi connectivity index (χ4n) is 3.37. The summed E-state index contributed by atoms with van der Waals surface area (Å²) in [5.41, 5.74) is 2.33. The van der Waals surface area contributed by atoms with Crippen molar-refractivity contribution in [1.29, 1.82) is 0 Å². The van der Waals surface area contributed by atoms with E-state index in [0.29, 0.717) is 18.0 Å². The van der Waals surface area contributed by atoms with Gasteiger partial charge in [-0.3, -0.25) is 4.90 Å². The molecule has 20 heavy (non-hydrogen) atoms. The number of rotatable bonds is 4. The van der Waals surface area contributed by atoms with Gasteiger partial charge in [0, 0.05) is 18.6 Å². The molecule has 3 atom stereocenters. The van der Waals surface area contributed by atoms with Crippen molar-refractivity contribution in [2.75, 3.05) is 20.1 Å². The van der Waals surface area contributed by atoms with E-state index in [4.69, 9.17) is 0 Å². The Labute approximate surface area is 122 Å². The molecule has 0 spiro atoms. The van der Waals surface area contributed by atoms with Gasteiger partial charge in [0.25, 0.3) is 0 Å². The Hall–Kier alpha value is -0.930. The number of piperidine rings is 1. The third-order valence-corrected chi connectivity index (χ3v) is 5.04. The van der Waals surface area contributed by atoms with Crippen molar-refractivity contribution >= 4 is 0 Å². The van der Waals surface area contributed by atoms with Crippen molar-refractivity contribution < 1.29 is 4.39 Å². The lowest BCUT2D eigenvalue weighted by atomic mass is 9.87. The SMILES string of the molecule is CNC1CCN(CCc2ccc(F)cc2C)C(C)C1C. The molecule has 0 radical (unpaired) electrons. The maximum absolute atomic E-state index is 13.1. The molecule has 1 aliphatic heterocycles. The first kappa shape index (κ1) is 15.5. The lowest BCUT2D eigenvalue weighted by Gasteiger charge is -2.42. The number of likely N-dealkylation sites (tertiary alicyclic amines) is 1. The van der Waals surface area contributed by atoms with Gasteiger partial charge in [-0.15, -0.1) is 0 Å². The Kier molecular flexibility index (Phi) is 5.17. The van der Waals surface area contributed by atoms with Crippen LogP contribution in [0.4, 0.5) is 4.39 Å². The van der Waals surface area contributed by atoms with Gasteiger partial charge in [-0.05, 0) is 69.5 Å². The fraction of sp³-hybridized carbons (Fsp3) is 0.647. The van der Waals surface area contributed by atoms with Crippen molar-refractivity contribution in [2.24, 2.45) is 5.92 Å².